The summed E-state index contributed by atoms with van der Waals surface area (Å²) in [6, 6.07) is 16.1. The highest BCUT2D eigenvalue weighted by Gasteiger charge is 2.39. The molecular weight excluding hydrogens is 523 g/mol. The molecule has 0 aromatic heterocycles. The largest absolute Gasteiger partial charge is 0.466 e. The molecule has 2 atom stereocenters. The smallest absolute Gasteiger partial charge is 0.339 e. The monoisotopic (exact) mass is 562 g/mol. The molecule has 1 amide bonds. The number of amides is 1. The van der Waals surface area contributed by atoms with Gasteiger partial charge in [0.15, 0.2) is 6.23 Å². The Morgan fingerprint density at radius 1 is 0.949 bits per heavy atom. The number of hydrogen-bond acceptors (Lipinski definition) is 7. The molecule has 0 aliphatic carbocycles. The molecule has 11 heteroatoms. The maximum Gasteiger partial charge on any atom is 0.339 e. The van der Waals surface area contributed by atoms with Gasteiger partial charge in [0.1, 0.15) is 6.29 Å². The second-order valence-corrected chi connectivity index (χ2v) is 11.0. The van der Waals surface area contributed by atoms with E-state index in [9.17, 15) is 28.7 Å². The van der Waals surface area contributed by atoms with Crippen molar-refractivity contribution in [2.75, 3.05) is 19.4 Å². The highest BCUT2D eigenvalue weighted by atomic mass is 31.2. The Balaban J connectivity index is 2.42. The molecule has 214 valence electrons. The highest BCUT2D eigenvalue weighted by molar-refractivity contribution is 7.51. The van der Waals surface area contributed by atoms with Crippen LogP contribution in [0.3, 0.4) is 0 Å². The molecule has 2 rings (SSSR count). The molecule has 2 aromatic rings. The molecule has 39 heavy (non-hydrogen) atoms. The van der Waals surface area contributed by atoms with Gasteiger partial charge in [-0.25, -0.2) is 4.90 Å². The van der Waals surface area contributed by atoms with Gasteiger partial charge in [-0.15, -0.1) is 0 Å². The van der Waals surface area contributed by atoms with Crippen LogP contribution in [0, 0.1) is 5.92 Å². The second kappa shape index (κ2) is 15.5. The van der Waals surface area contributed by atoms with E-state index in [1.807, 2.05) is 54.6 Å². The molecule has 0 saturated heterocycles. The number of carbonyl (C=O) groups is 3. The van der Waals surface area contributed by atoms with Gasteiger partial charge in [-0.05, 0) is 30.0 Å². The predicted molar refractivity (Wildman–Crippen MR) is 147 cm³/mol. The van der Waals surface area contributed by atoms with Crippen LogP contribution in [0.1, 0.15) is 46.1 Å². The first-order valence-corrected chi connectivity index (χ1v) is 14.8. The number of nitrogens with one attached hydrogen (secondary N) is 1. The van der Waals surface area contributed by atoms with Gasteiger partial charge in [-0.3, -0.25) is 18.9 Å². The Kier molecular flexibility index (Phi) is 12.8. The van der Waals surface area contributed by atoms with E-state index in [0.717, 1.165) is 16.7 Å². The third kappa shape index (κ3) is 10.9. The van der Waals surface area contributed by atoms with E-state index in [0.29, 0.717) is 0 Å². The van der Waals surface area contributed by atoms with Crippen LogP contribution in [0.25, 0.3) is 11.1 Å². The van der Waals surface area contributed by atoms with Gasteiger partial charge in [-0.2, -0.15) is 0 Å². The molecule has 10 nitrogen and oxygen atoms in total. The first-order chi connectivity index (χ1) is 18.4. The number of carbonyl (C=O) groups excluding carboxylic acids is 3. The van der Waals surface area contributed by atoms with E-state index < -0.39 is 44.0 Å². The van der Waals surface area contributed by atoms with E-state index in [1.165, 1.54) is 4.90 Å². The van der Waals surface area contributed by atoms with E-state index in [4.69, 9.17) is 9.47 Å². The van der Waals surface area contributed by atoms with Gasteiger partial charge >= 0.3 is 19.5 Å². The summed E-state index contributed by atoms with van der Waals surface area (Å²) in [5.41, 5.74) is 2.73. The first-order valence-electron chi connectivity index (χ1n) is 13.0. The van der Waals surface area contributed by atoms with E-state index >= 15 is 0 Å². The minimum absolute atomic E-state index is 0.0219. The quantitative estimate of drug-likeness (QED) is 0.168. The molecule has 0 fully saturated rings. The molecule has 0 aliphatic rings. The van der Waals surface area contributed by atoms with Crippen molar-refractivity contribution < 1.29 is 38.2 Å². The number of rotatable bonds is 15. The van der Waals surface area contributed by atoms with Crippen molar-refractivity contribution >= 4 is 25.4 Å². The molecular formula is C28H39N2O8P. The van der Waals surface area contributed by atoms with Crippen molar-refractivity contribution in [3.05, 3.63) is 60.2 Å². The van der Waals surface area contributed by atoms with Crippen LogP contribution in [-0.2, 0) is 34.8 Å². The topological polar surface area (TPSA) is 142 Å². The molecule has 2 unspecified atom stereocenters. The molecule has 2 aromatic carbocycles. The van der Waals surface area contributed by atoms with Crippen LogP contribution in [0.15, 0.2) is 54.6 Å². The number of benzene rings is 2. The second-order valence-electron chi connectivity index (χ2n) is 9.43. The SMILES string of the molecule is CCOC(=O)CCNC(=O)C(Cc1ccc(-c2ccccc2)cc1)N(CP(=O)(O)O)C(OC(=O)CC)C(C)C. The standard InChI is InChI=1S/C28H39N2O8P/c1-5-25(31)38-28(20(3)4)30(19-39(34,35)36)24(27(33)29-17-16-26(32)37-6-2)18-21-12-14-23(15-13-21)22-10-8-7-9-11-22/h7-15,20,24,28H,5-6,16-19H2,1-4H3,(H,29,33)(H2,34,35,36). The summed E-state index contributed by atoms with van der Waals surface area (Å²) in [5, 5.41) is 2.68. The predicted octanol–water partition coefficient (Wildman–Crippen LogP) is 3.71. The zero-order valence-electron chi connectivity index (χ0n) is 22.9. The van der Waals surface area contributed by atoms with Crippen molar-refractivity contribution in [3.63, 3.8) is 0 Å². The lowest BCUT2D eigenvalue weighted by molar-refractivity contribution is -0.168. The summed E-state index contributed by atoms with van der Waals surface area (Å²) >= 11 is 0. The molecule has 0 bridgehead atoms. The van der Waals surface area contributed by atoms with Gasteiger partial charge in [-0.1, -0.05) is 75.4 Å². The summed E-state index contributed by atoms with van der Waals surface area (Å²) in [6.45, 7) is 6.96. The van der Waals surface area contributed by atoms with Gasteiger partial charge in [0.2, 0.25) is 5.91 Å². The fourth-order valence-electron chi connectivity index (χ4n) is 4.06. The van der Waals surface area contributed by atoms with Crippen molar-refractivity contribution in [1.82, 2.24) is 10.2 Å². The summed E-state index contributed by atoms with van der Waals surface area (Å²) in [7, 11) is -4.68. The Bertz CT molecular complexity index is 1120. The van der Waals surface area contributed by atoms with E-state index in [-0.39, 0.29) is 38.3 Å². The van der Waals surface area contributed by atoms with Gasteiger partial charge < -0.3 is 24.6 Å². The molecule has 0 radical (unpaired) electrons. The molecule has 3 N–H and O–H groups in total. The van der Waals surface area contributed by atoms with Crippen LogP contribution in [0.4, 0.5) is 0 Å². The lowest BCUT2D eigenvalue weighted by atomic mass is 9.99. The van der Waals surface area contributed by atoms with Crippen LogP contribution >= 0.6 is 7.60 Å². The van der Waals surface area contributed by atoms with Crippen LogP contribution < -0.4 is 5.32 Å². The summed E-state index contributed by atoms with van der Waals surface area (Å²) < 4.78 is 22.7. The van der Waals surface area contributed by atoms with Crippen molar-refractivity contribution in [1.29, 1.82) is 0 Å². The third-order valence-electron chi connectivity index (χ3n) is 5.91. The maximum atomic E-state index is 13.5. The normalized spacial score (nSPS) is 13.1. The molecule has 0 spiro atoms. The fourth-order valence-corrected chi connectivity index (χ4v) is 4.84. The highest BCUT2D eigenvalue weighted by Crippen LogP contribution is 2.38. The lowest BCUT2D eigenvalue weighted by Gasteiger charge is -2.38. The van der Waals surface area contributed by atoms with Gasteiger partial charge in [0.05, 0.1) is 19.1 Å². The summed E-state index contributed by atoms with van der Waals surface area (Å²) in [6.07, 6.45) is -1.80. The van der Waals surface area contributed by atoms with Crippen LogP contribution in [0.2, 0.25) is 0 Å². The Hall–Kier alpha value is -3.04. The van der Waals surface area contributed by atoms with Gasteiger partial charge in [0, 0.05) is 18.9 Å². The first kappa shape index (κ1) is 32.2. The summed E-state index contributed by atoms with van der Waals surface area (Å²) in [4.78, 5) is 58.6. The Labute approximate surface area is 229 Å². The number of ether oxygens (including phenoxy) is 2. The Morgan fingerprint density at radius 2 is 1.56 bits per heavy atom. The minimum Gasteiger partial charge on any atom is -0.466 e. The zero-order chi connectivity index (χ0) is 29.0. The maximum absolute atomic E-state index is 13.5. The van der Waals surface area contributed by atoms with Crippen LogP contribution in [0.5, 0.6) is 0 Å². The third-order valence-corrected chi connectivity index (χ3v) is 6.61. The van der Waals surface area contributed by atoms with Crippen LogP contribution in [-0.4, -0.2) is 64.2 Å². The molecule has 0 aliphatic heterocycles. The van der Waals surface area contributed by atoms with E-state index in [2.05, 4.69) is 5.32 Å². The average Bonchev–Trinajstić information content (AvgIpc) is 2.89. The fraction of sp³-hybridized carbons (Fsp3) is 0.464. The van der Waals surface area contributed by atoms with Gasteiger partial charge in [0.25, 0.3) is 0 Å². The number of hydrogen-bond donors (Lipinski definition) is 3. The Morgan fingerprint density at radius 3 is 2.10 bits per heavy atom. The average molecular weight is 563 g/mol. The summed E-state index contributed by atoms with van der Waals surface area (Å²) in [5.74, 6) is -1.98. The zero-order valence-corrected chi connectivity index (χ0v) is 23.8. The molecule has 0 saturated carbocycles. The number of esters is 2. The van der Waals surface area contributed by atoms with E-state index in [1.54, 1.807) is 27.7 Å². The molecule has 0 heterocycles. The lowest BCUT2D eigenvalue weighted by Crippen LogP contribution is -2.55. The van der Waals surface area contributed by atoms with Crippen molar-refractivity contribution in [2.24, 2.45) is 5.92 Å². The van der Waals surface area contributed by atoms with Crippen molar-refractivity contribution in [3.8, 4) is 11.1 Å². The minimum atomic E-state index is -4.68. The van der Waals surface area contributed by atoms with Crippen molar-refractivity contribution in [2.45, 2.75) is 59.2 Å². The number of nitrogens with zero attached hydrogens (tertiary/aromatic N) is 1.